The van der Waals surface area contributed by atoms with Crippen molar-refractivity contribution in [3.05, 3.63) is 95.9 Å². The number of nitrogens with zero attached hydrogens (tertiary/aromatic N) is 1. The number of para-hydroxylation sites is 1. The Balaban J connectivity index is 1.79. The third-order valence-electron chi connectivity index (χ3n) is 4.65. The van der Waals surface area contributed by atoms with E-state index in [9.17, 15) is 14.0 Å². The van der Waals surface area contributed by atoms with Gasteiger partial charge in [-0.25, -0.2) is 9.29 Å². The average Bonchev–Trinajstić information content (AvgIpc) is 2.99. The predicted molar refractivity (Wildman–Crippen MR) is 113 cm³/mol. The lowest BCUT2D eigenvalue weighted by atomic mass is 10.0. The molecule has 2 amide bonds. The second-order valence-electron chi connectivity index (χ2n) is 6.62. The van der Waals surface area contributed by atoms with Crippen molar-refractivity contribution in [3.8, 4) is 5.75 Å². The molecule has 0 saturated heterocycles. The summed E-state index contributed by atoms with van der Waals surface area (Å²) in [5.41, 5.74) is 1.85. The summed E-state index contributed by atoms with van der Waals surface area (Å²) < 4.78 is 18.9. The SMILES string of the molecule is CCOc1cccc(N2C(=O)C(Nc3ccccc3)=C(c3ccc(F)cc3)C2=O)c1. The number of anilines is 2. The number of rotatable bonds is 6. The smallest absolute Gasteiger partial charge is 0.282 e. The Morgan fingerprint density at radius 3 is 2.33 bits per heavy atom. The van der Waals surface area contributed by atoms with E-state index >= 15 is 0 Å². The van der Waals surface area contributed by atoms with Gasteiger partial charge in [-0.2, -0.15) is 0 Å². The number of carbonyl (C=O) groups is 2. The molecule has 0 fully saturated rings. The van der Waals surface area contributed by atoms with Crippen LogP contribution in [-0.2, 0) is 9.59 Å². The molecule has 3 aromatic carbocycles. The van der Waals surface area contributed by atoms with Crippen LogP contribution in [0.1, 0.15) is 12.5 Å². The maximum Gasteiger partial charge on any atom is 0.282 e. The molecule has 0 atom stereocenters. The van der Waals surface area contributed by atoms with E-state index in [1.54, 1.807) is 36.4 Å². The number of imide groups is 1. The lowest BCUT2D eigenvalue weighted by Crippen LogP contribution is -2.32. The molecule has 30 heavy (non-hydrogen) atoms. The minimum atomic E-state index is -0.489. The van der Waals surface area contributed by atoms with Crippen molar-refractivity contribution in [2.75, 3.05) is 16.8 Å². The number of ether oxygens (including phenoxy) is 1. The van der Waals surface area contributed by atoms with Gasteiger partial charge in [0, 0.05) is 11.8 Å². The zero-order chi connectivity index (χ0) is 21.1. The van der Waals surface area contributed by atoms with Crippen LogP contribution >= 0.6 is 0 Å². The molecule has 3 aromatic rings. The van der Waals surface area contributed by atoms with Crippen molar-refractivity contribution in [2.45, 2.75) is 6.92 Å². The minimum absolute atomic E-state index is 0.139. The molecule has 5 nitrogen and oxygen atoms in total. The normalized spacial score (nSPS) is 13.7. The number of amides is 2. The summed E-state index contributed by atoms with van der Waals surface area (Å²) in [6.07, 6.45) is 0. The predicted octanol–water partition coefficient (Wildman–Crippen LogP) is 4.62. The van der Waals surface area contributed by atoms with Gasteiger partial charge in [0.05, 0.1) is 17.9 Å². The summed E-state index contributed by atoms with van der Waals surface area (Å²) in [6, 6.07) is 21.4. The maximum absolute atomic E-state index is 13.4. The number of benzene rings is 3. The molecular weight excluding hydrogens is 383 g/mol. The van der Waals surface area contributed by atoms with Gasteiger partial charge in [-0.3, -0.25) is 9.59 Å². The summed E-state index contributed by atoms with van der Waals surface area (Å²) in [5, 5.41) is 3.07. The summed E-state index contributed by atoms with van der Waals surface area (Å²) in [7, 11) is 0. The summed E-state index contributed by atoms with van der Waals surface area (Å²) in [5.74, 6) is -0.839. The molecular formula is C24H19FN2O3. The van der Waals surface area contributed by atoms with Crippen LogP contribution in [0, 0.1) is 5.82 Å². The first-order valence-corrected chi connectivity index (χ1v) is 9.52. The van der Waals surface area contributed by atoms with Gasteiger partial charge in [0.1, 0.15) is 17.3 Å². The Morgan fingerprint density at radius 2 is 1.63 bits per heavy atom. The molecule has 0 saturated carbocycles. The second-order valence-corrected chi connectivity index (χ2v) is 6.62. The third kappa shape index (κ3) is 3.67. The van der Waals surface area contributed by atoms with E-state index in [1.807, 2.05) is 25.1 Å². The van der Waals surface area contributed by atoms with E-state index in [0.717, 1.165) is 4.90 Å². The highest BCUT2D eigenvalue weighted by molar-refractivity contribution is 6.46. The highest BCUT2D eigenvalue weighted by atomic mass is 19.1. The van der Waals surface area contributed by atoms with Crippen molar-refractivity contribution >= 4 is 28.8 Å². The first-order valence-electron chi connectivity index (χ1n) is 9.52. The van der Waals surface area contributed by atoms with Crippen molar-refractivity contribution in [1.29, 1.82) is 0 Å². The Labute approximate surface area is 173 Å². The number of hydrogen-bond acceptors (Lipinski definition) is 4. The lowest BCUT2D eigenvalue weighted by Gasteiger charge is -2.16. The Bertz CT molecular complexity index is 1120. The molecule has 1 N–H and O–H groups in total. The number of nitrogens with one attached hydrogen (secondary N) is 1. The van der Waals surface area contributed by atoms with Gasteiger partial charge < -0.3 is 10.1 Å². The van der Waals surface area contributed by atoms with Crippen molar-refractivity contribution in [1.82, 2.24) is 0 Å². The topological polar surface area (TPSA) is 58.6 Å². The van der Waals surface area contributed by atoms with Gasteiger partial charge in [-0.05, 0) is 48.9 Å². The molecule has 0 unspecified atom stereocenters. The van der Waals surface area contributed by atoms with Gasteiger partial charge in [0.25, 0.3) is 11.8 Å². The Hall–Kier alpha value is -3.93. The summed E-state index contributed by atoms with van der Waals surface area (Å²) in [6.45, 7) is 2.32. The van der Waals surface area contributed by atoms with Crippen LogP contribution in [0.4, 0.5) is 15.8 Å². The van der Waals surface area contributed by atoms with Crippen LogP contribution in [0.3, 0.4) is 0 Å². The molecule has 0 aromatic heterocycles. The fourth-order valence-corrected chi connectivity index (χ4v) is 3.31. The zero-order valence-electron chi connectivity index (χ0n) is 16.3. The van der Waals surface area contributed by atoms with Gasteiger partial charge in [0.2, 0.25) is 0 Å². The highest BCUT2D eigenvalue weighted by Crippen LogP contribution is 2.34. The lowest BCUT2D eigenvalue weighted by molar-refractivity contribution is -0.120. The van der Waals surface area contributed by atoms with Crippen LogP contribution in [0.25, 0.3) is 5.57 Å². The van der Waals surface area contributed by atoms with Gasteiger partial charge in [-0.15, -0.1) is 0 Å². The van der Waals surface area contributed by atoms with Gasteiger partial charge >= 0.3 is 0 Å². The van der Waals surface area contributed by atoms with Crippen LogP contribution in [0.2, 0.25) is 0 Å². The molecule has 0 bridgehead atoms. The van der Waals surface area contributed by atoms with E-state index in [2.05, 4.69) is 5.32 Å². The fourth-order valence-electron chi connectivity index (χ4n) is 3.31. The van der Waals surface area contributed by atoms with Crippen molar-refractivity contribution in [3.63, 3.8) is 0 Å². The summed E-state index contributed by atoms with van der Waals surface area (Å²) >= 11 is 0. The van der Waals surface area contributed by atoms with Gasteiger partial charge in [-0.1, -0.05) is 36.4 Å². The van der Waals surface area contributed by atoms with Crippen LogP contribution in [0.15, 0.2) is 84.6 Å². The van der Waals surface area contributed by atoms with Crippen molar-refractivity contribution < 1.29 is 18.7 Å². The number of halogens is 1. The maximum atomic E-state index is 13.4. The molecule has 1 heterocycles. The molecule has 0 radical (unpaired) electrons. The van der Waals surface area contributed by atoms with Crippen LogP contribution in [0.5, 0.6) is 5.75 Å². The first kappa shape index (κ1) is 19.4. The standard InChI is InChI=1S/C24H19FN2O3/c1-2-30-20-10-6-9-19(15-20)27-23(28)21(16-11-13-17(25)14-12-16)22(24(27)29)26-18-7-4-3-5-8-18/h3-15,26H,2H2,1H3. The minimum Gasteiger partial charge on any atom is -0.494 e. The van der Waals surface area contributed by atoms with E-state index in [4.69, 9.17) is 4.74 Å². The molecule has 4 rings (SSSR count). The van der Waals surface area contributed by atoms with E-state index in [1.165, 1.54) is 24.3 Å². The average molecular weight is 402 g/mol. The molecule has 0 aliphatic carbocycles. The molecule has 0 spiro atoms. The second kappa shape index (κ2) is 8.21. The highest BCUT2D eigenvalue weighted by Gasteiger charge is 2.40. The van der Waals surface area contributed by atoms with Crippen LogP contribution in [-0.4, -0.2) is 18.4 Å². The number of hydrogen-bond donors (Lipinski definition) is 1. The Morgan fingerprint density at radius 1 is 0.900 bits per heavy atom. The number of carbonyl (C=O) groups excluding carboxylic acids is 2. The van der Waals surface area contributed by atoms with Gasteiger partial charge in [0.15, 0.2) is 0 Å². The molecule has 1 aliphatic heterocycles. The molecule has 150 valence electrons. The van der Waals surface area contributed by atoms with E-state index < -0.39 is 17.6 Å². The third-order valence-corrected chi connectivity index (χ3v) is 4.65. The first-order chi connectivity index (χ1) is 14.6. The molecule has 6 heteroatoms. The molecule has 1 aliphatic rings. The summed E-state index contributed by atoms with van der Waals surface area (Å²) in [4.78, 5) is 27.8. The monoisotopic (exact) mass is 402 g/mol. The zero-order valence-corrected chi connectivity index (χ0v) is 16.3. The van der Waals surface area contributed by atoms with Crippen molar-refractivity contribution in [2.24, 2.45) is 0 Å². The fraction of sp³-hybridized carbons (Fsp3) is 0.0833. The van der Waals surface area contributed by atoms with E-state index in [-0.39, 0.29) is 11.3 Å². The largest absolute Gasteiger partial charge is 0.494 e. The van der Waals surface area contributed by atoms with Crippen LogP contribution < -0.4 is 15.0 Å². The van der Waals surface area contributed by atoms with E-state index in [0.29, 0.717) is 29.3 Å². The Kier molecular flexibility index (Phi) is 5.30. The quantitative estimate of drug-likeness (QED) is 0.611.